The van der Waals surface area contributed by atoms with Crippen LogP contribution in [0.25, 0.3) is 0 Å². The van der Waals surface area contributed by atoms with Crippen LogP contribution in [0.5, 0.6) is 17.2 Å². The molecule has 2 aliphatic rings. The molecular weight excluding hydrogens is 510 g/mol. The average Bonchev–Trinajstić information content (AvgIpc) is 2.91. The van der Waals surface area contributed by atoms with Gasteiger partial charge in [-0.2, -0.15) is 0 Å². The Bertz CT molecular complexity index is 1270. The number of hydrogen-bond acceptors (Lipinski definition) is 8. The zero-order valence-corrected chi connectivity index (χ0v) is 22.9. The number of halogens is 1. The standard InChI is InChI=1S/C29H32ClNO7/c1-16-25(29(33)38-11-10-34-2)26(18-14-23(35-3)28(37-5)24(15-18)36-4)27-21(31-16)12-17(13-22(27)32)19-8-6-7-9-20(19)30/h6-9,14-15,17,26,31H,10-13H2,1-5H3/t17-,26-/m0/s1. The van der Waals surface area contributed by atoms with E-state index in [1.54, 1.807) is 12.1 Å². The lowest BCUT2D eigenvalue weighted by molar-refractivity contribution is -0.140. The van der Waals surface area contributed by atoms with E-state index in [9.17, 15) is 9.59 Å². The van der Waals surface area contributed by atoms with Crippen LogP contribution < -0.4 is 19.5 Å². The first kappa shape index (κ1) is 27.5. The van der Waals surface area contributed by atoms with Gasteiger partial charge in [0.2, 0.25) is 5.75 Å². The maximum atomic E-state index is 13.9. The van der Waals surface area contributed by atoms with Gasteiger partial charge < -0.3 is 29.0 Å². The van der Waals surface area contributed by atoms with Crippen molar-refractivity contribution >= 4 is 23.4 Å². The molecule has 38 heavy (non-hydrogen) atoms. The highest BCUT2D eigenvalue weighted by Gasteiger charge is 2.42. The summed E-state index contributed by atoms with van der Waals surface area (Å²) in [5.74, 6) is -0.134. The number of dihydropyridines is 1. The van der Waals surface area contributed by atoms with Gasteiger partial charge in [0.1, 0.15) is 6.61 Å². The lowest BCUT2D eigenvalue weighted by atomic mass is 9.71. The molecule has 0 saturated carbocycles. The topological polar surface area (TPSA) is 92.3 Å². The predicted molar refractivity (Wildman–Crippen MR) is 143 cm³/mol. The van der Waals surface area contributed by atoms with Gasteiger partial charge >= 0.3 is 5.97 Å². The number of nitrogens with one attached hydrogen (secondary N) is 1. The largest absolute Gasteiger partial charge is 0.493 e. The number of ketones is 1. The molecule has 0 saturated heterocycles. The second kappa shape index (κ2) is 11.9. The van der Waals surface area contributed by atoms with Crippen LogP contribution in [-0.4, -0.2) is 53.4 Å². The van der Waals surface area contributed by atoms with E-state index in [0.29, 0.717) is 51.1 Å². The summed E-state index contributed by atoms with van der Waals surface area (Å²) in [5.41, 5.74) is 3.81. The molecule has 1 heterocycles. The van der Waals surface area contributed by atoms with Crippen molar-refractivity contribution in [1.82, 2.24) is 5.32 Å². The second-order valence-electron chi connectivity index (χ2n) is 9.13. The Labute approximate surface area is 227 Å². The summed E-state index contributed by atoms with van der Waals surface area (Å²) in [6.45, 7) is 2.15. The van der Waals surface area contributed by atoms with E-state index >= 15 is 0 Å². The molecule has 0 radical (unpaired) electrons. The van der Waals surface area contributed by atoms with Crippen molar-refractivity contribution in [2.24, 2.45) is 0 Å². The zero-order chi connectivity index (χ0) is 27.4. The van der Waals surface area contributed by atoms with Crippen LogP contribution in [0.2, 0.25) is 5.02 Å². The van der Waals surface area contributed by atoms with Crippen molar-refractivity contribution in [3.63, 3.8) is 0 Å². The molecular formula is C29H32ClNO7. The number of rotatable bonds is 9. The number of carbonyl (C=O) groups is 2. The Morgan fingerprint density at radius 1 is 1.00 bits per heavy atom. The van der Waals surface area contributed by atoms with Crippen molar-refractivity contribution in [3.8, 4) is 17.2 Å². The molecule has 0 unspecified atom stereocenters. The van der Waals surface area contributed by atoms with Gasteiger partial charge in [0, 0.05) is 41.4 Å². The molecule has 4 rings (SSSR count). The molecule has 0 fully saturated rings. The Kier molecular flexibility index (Phi) is 8.64. The summed E-state index contributed by atoms with van der Waals surface area (Å²) >= 11 is 6.49. The van der Waals surface area contributed by atoms with Gasteiger partial charge in [-0.05, 0) is 48.6 Å². The van der Waals surface area contributed by atoms with E-state index < -0.39 is 11.9 Å². The molecule has 0 amide bonds. The molecule has 2 atom stereocenters. The molecule has 1 aliphatic carbocycles. The van der Waals surface area contributed by atoms with E-state index in [4.69, 9.17) is 35.3 Å². The Balaban J connectivity index is 1.86. The van der Waals surface area contributed by atoms with Crippen molar-refractivity contribution in [2.75, 3.05) is 41.7 Å². The number of allylic oxidation sites excluding steroid dienone is 3. The van der Waals surface area contributed by atoms with E-state index in [2.05, 4.69) is 5.32 Å². The first-order valence-electron chi connectivity index (χ1n) is 12.3. The third-order valence-electron chi connectivity index (χ3n) is 6.93. The second-order valence-corrected chi connectivity index (χ2v) is 9.53. The lowest BCUT2D eigenvalue weighted by Gasteiger charge is -2.37. The third-order valence-corrected chi connectivity index (χ3v) is 7.28. The molecule has 1 aliphatic heterocycles. The fourth-order valence-electron chi connectivity index (χ4n) is 5.23. The molecule has 0 aromatic heterocycles. The van der Waals surface area contributed by atoms with Crippen LogP contribution in [0.15, 0.2) is 58.9 Å². The molecule has 2 aromatic carbocycles. The quantitative estimate of drug-likeness (QED) is 0.353. The Morgan fingerprint density at radius 3 is 2.29 bits per heavy atom. The fraction of sp³-hybridized carbons (Fsp3) is 0.379. The van der Waals surface area contributed by atoms with Gasteiger partial charge in [-0.25, -0.2) is 4.79 Å². The highest BCUT2D eigenvalue weighted by molar-refractivity contribution is 6.31. The maximum Gasteiger partial charge on any atom is 0.336 e. The van der Waals surface area contributed by atoms with Gasteiger partial charge in [0.15, 0.2) is 17.3 Å². The fourth-order valence-corrected chi connectivity index (χ4v) is 5.52. The highest BCUT2D eigenvalue weighted by atomic mass is 35.5. The summed E-state index contributed by atoms with van der Waals surface area (Å²) in [4.78, 5) is 27.2. The van der Waals surface area contributed by atoms with E-state index in [-0.39, 0.29) is 31.3 Å². The zero-order valence-electron chi connectivity index (χ0n) is 22.2. The number of ether oxygens (including phenoxy) is 5. The lowest BCUT2D eigenvalue weighted by Crippen LogP contribution is -2.36. The van der Waals surface area contributed by atoms with Crippen molar-refractivity contribution < 1.29 is 33.3 Å². The van der Waals surface area contributed by atoms with Crippen molar-refractivity contribution in [1.29, 1.82) is 0 Å². The monoisotopic (exact) mass is 541 g/mol. The Hall–Kier alpha value is -3.49. The number of carbonyl (C=O) groups excluding carboxylic acids is 2. The van der Waals surface area contributed by atoms with Crippen LogP contribution >= 0.6 is 11.6 Å². The average molecular weight is 542 g/mol. The summed E-state index contributed by atoms with van der Waals surface area (Å²) in [6.07, 6.45) is 0.825. The summed E-state index contributed by atoms with van der Waals surface area (Å²) in [6, 6.07) is 11.1. The van der Waals surface area contributed by atoms with Crippen molar-refractivity contribution in [2.45, 2.75) is 31.6 Å². The third kappa shape index (κ3) is 5.24. The molecule has 0 spiro atoms. The van der Waals surface area contributed by atoms with Gasteiger partial charge in [-0.1, -0.05) is 29.8 Å². The van der Waals surface area contributed by atoms with Crippen LogP contribution in [0.1, 0.15) is 42.7 Å². The Morgan fingerprint density at radius 2 is 1.68 bits per heavy atom. The van der Waals surface area contributed by atoms with Crippen LogP contribution in [-0.2, 0) is 19.1 Å². The summed E-state index contributed by atoms with van der Waals surface area (Å²) in [5, 5.41) is 3.97. The molecule has 9 heteroatoms. The van der Waals surface area contributed by atoms with Crippen molar-refractivity contribution in [3.05, 3.63) is 75.1 Å². The molecule has 8 nitrogen and oxygen atoms in total. The van der Waals surface area contributed by atoms with E-state index in [1.165, 1.54) is 28.4 Å². The molecule has 202 valence electrons. The first-order chi connectivity index (χ1) is 18.3. The van der Waals surface area contributed by atoms with Gasteiger partial charge in [0.25, 0.3) is 0 Å². The van der Waals surface area contributed by atoms with Crippen LogP contribution in [0, 0.1) is 0 Å². The SMILES string of the molecule is COCCOC(=O)C1=C(C)NC2=C(C(=O)C[C@@H](c3ccccc3Cl)C2)[C@H]1c1cc(OC)c(OC)c(OC)c1. The maximum absolute atomic E-state index is 13.9. The number of methoxy groups -OCH3 is 4. The number of hydrogen-bond donors (Lipinski definition) is 1. The molecule has 1 N–H and O–H groups in total. The van der Waals surface area contributed by atoms with E-state index in [0.717, 1.165) is 11.3 Å². The van der Waals surface area contributed by atoms with Gasteiger partial charge in [-0.15, -0.1) is 0 Å². The minimum absolute atomic E-state index is 0.0721. The molecule has 2 aromatic rings. The summed E-state index contributed by atoms with van der Waals surface area (Å²) in [7, 11) is 6.10. The smallest absolute Gasteiger partial charge is 0.336 e. The first-order valence-corrected chi connectivity index (χ1v) is 12.7. The molecule has 0 bridgehead atoms. The van der Waals surface area contributed by atoms with Gasteiger partial charge in [0.05, 0.1) is 33.5 Å². The summed E-state index contributed by atoms with van der Waals surface area (Å²) < 4.78 is 27.2. The number of esters is 1. The minimum atomic E-state index is -0.699. The minimum Gasteiger partial charge on any atom is -0.493 e. The number of benzene rings is 2. The highest BCUT2D eigenvalue weighted by Crippen LogP contribution is 2.49. The van der Waals surface area contributed by atoms with Gasteiger partial charge in [-0.3, -0.25) is 4.79 Å². The predicted octanol–water partition coefficient (Wildman–Crippen LogP) is 4.92. The normalized spacial score (nSPS) is 19.1. The van der Waals surface area contributed by atoms with E-state index in [1.807, 2.05) is 31.2 Å². The van der Waals surface area contributed by atoms with Crippen LogP contribution in [0.4, 0.5) is 0 Å². The van der Waals surface area contributed by atoms with Crippen LogP contribution in [0.3, 0.4) is 0 Å². The number of Topliss-reactive ketones (excluding diaryl/α,β-unsaturated/α-hetero) is 1.